The van der Waals surface area contributed by atoms with Crippen molar-refractivity contribution >= 4 is 22.0 Å². The van der Waals surface area contributed by atoms with Crippen molar-refractivity contribution in [2.24, 2.45) is 5.10 Å². The molecule has 7 nitrogen and oxygen atoms in total. The fraction of sp³-hybridized carbons (Fsp3) is 0.500. The molecule has 4 rings (SSSR count). The lowest BCUT2D eigenvalue weighted by Gasteiger charge is -2.28. The van der Waals surface area contributed by atoms with Crippen molar-refractivity contribution in [3.8, 4) is 0 Å². The number of rotatable bonds is 2. The van der Waals surface area contributed by atoms with Crippen LogP contribution in [0.1, 0.15) is 23.1 Å². The normalized spacial score (nSPS) is 31.4. The van der Waals surface area contributed by atoms with Gasteiger partial charge in [0.1, 0.15) is 0 Å². The molecule has 1 fully saturated rings. The Labute approximate surface area is 152 Å². The molecule has 0 N–H and O–H groups in total. The zero-order chi connectivity index (χ0) is 19.8. The maximum atomic E-state index is 13.4. The monoisotopic (exact) mass is 404 g/mol. The molecule has 11 heteroatoms. The predicted octanol–water partition coefficient (Wildman–Crippen LogP) is 1.45. The fourth-order valence-electron chi connectivity index (χ4n) is 3.87. The van der Waals surface area contributed by atoms with Gasteiger partial charge in [-0.05, 0) is 24.5 Å². The number of hydrogen-bond acceptors (Lipinski definition) is 6. The van der Waals surface area contributed by atoms with E-state index in [0.29, 0.717) is 6.07 Å². The number of hydrogen-bond donors (Lipinski definition) is 0. The van der Waals surface area contributed by atoms with Crippen LogP contribution in [0.5, 0.6) is 0 Å². The van der Waals surface area contributed by atoms with Crippen LogP contribution in [0.25, 0.3) is 0 Å². The van der Waals surface area contributed by atoms with Crippen LogP contribution < -0.4 is 0 Å². The highest BCUT2D eigenvalue weighted by molar-refractivity contribution is 7.91. The van der Waals surface area contributed by atoms with Gasteiger partial charge >= 0.3 is 12.1 Å². The number of hydrazone groups is 1. The number of fused-ring (bicyclic) bond motifs is 2. The third-order valence-corrected chi connectivity index (χ3v) is 7.06. The van der Waals surface area contributed by atoms with E-state index in [0.717, 1.165) is 11.1 Å². The van der Waals surface area contributed by atoms with Gasteiger partial charge in [-0.1, -0.05) is 6.07 Å². The van der Waals surface area contributed by atoms with Crippen molar-refractivity contribution in [1.29, 1.82) is 0 Å². The van der Waals surface area contributed by atoms with Crippen molar-refractivity contribution in [2.45, 2.75) is 35.3 Å². The largest absolute Gasteiger partial charge is 0.417 e. The van der Waals surface area contributed by atoms with Crippen molar-refractivity contribution < 1.29 is 35.9 Å². The average Bonchev–Trinajstić information content (AvgIpc) is 3.28. The molecular weight excluding hydrogens is 389 g/mol. The van der Waals surface area contributed by atoms with Crippen molar-refractivity contribution in [3.05, 3.63) is 28.8 Å². The summed E-state index contributed by atoms with van der Waals surface area (Å²) in [6.07, 6.45) is -3.28. The molecule has 0 bridgehead atoms. The number of epoxide rings is 1. The topological polar surface area (TPSA) is 88.6 Å². The van der Waals surface area contributed by atoms with E-state index in [1.807, 2.05) is 0 Å². The Balaban J connectivity index is 2.00. The van der Waals surface area contributed by atoms with Gasteiger partial charge < -0.3 is 9.47 Å². The number of alkyl halides is 3. The van der Waals surface area contributed by atoms with Crippen LogP contribution in [-0.4, -0.2) is 51.2 Å². The Morgan fingerprint density at radius 1 is 1.33 bits per heavy atom. The maximum absolute atomic E-state index is 13.4. The van der Waals surface area contributed by atoms with Crippen LogP contribution in [0, 0.1) is 0 Å². The third kappa shape index (κ3) is 2.25. The van der Waals surface area contributed by atoms with Crippen molar-refractivity contribution in [1.82, 2.24) is 5.01 Å². The summed E-state index contributed by atoms with van der Waals surface area (Å²) < 4.78 is 76.1. The standard InChI is InChI=1S/C16H15F3N2O5S/c1-21-13(22)15(25-2)14(26-15,8-20-21)10-5-6-11(16(17,18)19)12-9(10)4-3-7-27(12,23)24/h5-6,8H,3-4,7H2,1-2H3. The zero-order valence-corrected chi connectivity index (χ0v) is 15.1. The average molecular weight is 404 g/mol. The molecule has 1 aromatic rings. The lowest BCUT2D eigenvalue weighted by atomic mass is 9.86. The molecule has 1 saturated heterocycles. The van der Waals surface area contributed by atoms with E-state index in [4.69, 9.17) is 9.47 Å². The number of benzene rings is 1. The van der Waals surface area contributed by atoms with E-state index in [9.17, 15) is 26.4 Å². The Kier molecular flexibility index (Phi) is 3.61. The lowest BCUT2D eigenvalue weighted by Crippen LogP contribution is -2.47. The van der Waals surface area contributed by atoms with Gasteiger partial charge in [0, 0.05) is 19.7 Å². The number of halogens is 3. The molecule has 0 spiro atoms. The highest BCUT2D eigenvalue weighted by Crippen LogP contribution is 2.59. The van der Waals surface area contributed by atoms with Crippen LogP contribution in [-0.2, 0) is 42.3 Å². The van der Waals surface area contributed by atoms with Gasteiger partial charge in [0.2, 0.25) is 0 Å². The van der Waals surface area contributed by atoms with Crippen LogP contribution in [0.3, 0.4) is 0 Å². The molecule has 146 valence electrons. The first-order valence-electron chi connectivity index (χ1n) is 8.05. The minimum Gasteiger partial charge on any atom is -0.343 e. The van der Waals surface area contributed by atoms with Crippen molar-refractivity contribution in [3.63, 3.8) is 0 Å². The first-order chi connectivity index (χ1) is 12.5. The SMILES string of the molecule is COC12OC1(c1ccc(C(F)(F)F)c3c1CCCS3(=O)=O)C=NN(C)C2=O. The van der Waals surface area contributed by atoms with Crippen LogP contribution in [0.4, 0.5) is 13.2 Å². The van der Waals surface area contributed by atoms with E-state index in [-0.39, 0.29) is 29.7 Å². The number of amides is 1. The molecule has 2 atom stereocenters. The summed E-state index contributed by atoms with van der Waals surface area (Å²) in [5.41, 5.74) is -2.61. The first kappa shape index (κ1) is 18.4. The summed E-state index contributed by atoms with van der Waals surface area (Å²) >= 11 is 0. The molecule has 1 aromatic carbocycles. The lowest BCUT2D eigenvalue weighted by molar-refractivity contribution is -0.153. The minimum absolute atomic E-state index is 0.00111. The molecule has 2 unspecified atom stereocenters. The quantitative estimate of drug-likeness (QED) is 0.697. The first-order valence-corrected chi connectivity index (χ1v) is 9.70. The highest BCUT2D eigenvalue weighted by Gasteiger charge is 2.79. The van der Waals surface area contributed by atoms with E-state index in [1.165, 1.54) is 20.4 Å². The summed E-state index contributed by atoms with van der Waals surface area (Å²) in [7, 11) is -1.51. The number of nitrogens with zero attached hydrogens (tertiary/aromatic N) is 2. The predicted molar refractivity (Wildman–Crippen MR) is 85.6 cm³/mol. The smallest absolute Gasteiger partial charge is 0.343 e. The summed E-state index contributed by atoms with van der Waals surface area (Å²) in [4.78, 5) is 11.7. The molecule has 27 heavy (non-hydrogen) atoms. The van der Waals surface area contributed by atoms with Crippen LogP contribution in [0.15, 0.2) is 22.1 Å². The van der Waals surface area contributed by atoms with Crippen LogP contribution >= 0.6 is 0 Å². The zero-order valence-electron chi connectivity index (χ0n) is 14.3. The fourth-order valence-corrected chi connectivity index (χ4v) is 5.71. The molecule has 3 heterocycles. The molecular formula is C16H15F3N2O5S. The van der Waals surface area contributed by atoms with E-state index >= 15 is 0 Å². The van der Waals surface area contributed by atoms with Crippen LogP contribution in [0.2, 0.25) is 0 Å². The third-order valence-electron chi connectivity index (χ3n) is 5.14. The number of carbonyl (C=O) groups is 1. The van der Waals surface area contributed by atoms with Gasteiger partial charge in [0.05, 0.1) is 22.4 Å². The highest BCUT2D eigenvalue weighted by atomic mass is 32.2. The number of methoxy groups -OCH3 is 1. The Morgan fingerprint density at radius 3 is 2.67 bits per heavy atom. The van der Waals surface area contributed by atoms with Gasteiger partial charge in [0.15, 0.2) is 15.4 Å². The van der Waals surface area contributed by atoms with Gasteiger partial charge in [-0.15, -0.1) is 0 Å². The molecule has 3 aliphatic heterocycles. The second-order valence-electron chi connectivity index (χ2n) is 6.62. The number of carbonyl (C=O) groups excluding carboxylic acids is 1. The molecule has 0 radical (unpaired) electrons. The summed E-state index contributed by atoms with van der Waals surface area (Å²) in [5.74, 6) is -2.76. The second-order valence-corrected chi connectivity index (χ2v) is 8.67. The molecule has 1 amide bonds. The molecule has 0 aliphatic carbocycles. The van der Waals surface area contributed by atoms with E-state index < -0.39 is 43.8 Å². The second kappa shape index (κ2) is 5.30. The Hall–Kier alpha value is -1.98. The van der Waals surface area contributed by atoms with Gasteiger partial charge in [-0.25, -0.2) is 13.4 Å². The Morgan fingerprint density at radius 2 is 2.04 bits per heavy atom. The number of ether oxygens (including phenoxy) is 2. The maximum Gasteiger partial charge on any atom is 0.417 e. The number of sulfone groups is 1. The van der Waals surface area contributed by atoms with Gasteiger partial charge in [0.25, 0.3) is 5.79 Å². The van der Waals surface area contributed by atoms with Crippen molar-refractivity contribution in [2.75, 3.05) is 19.9 Å². The summed E-state index contributed by atoms with van der Waals surface area (Å²) in [6, 6.07) is 1.86. The molecule has 0 saturated carbocycles. The van der Waals surface area contributed by atoms with Gasteiger partial charge in [-0.3, -0.25) is 4.79 Å². The molecule has 0 aromatic heterocycles. The molecule has 3 aliphatic rings. The van der Waals surface area contributed by atoms with E-state index in [2.05, 4.69) is 5.10 Å². The summed E-state index contributed by atoms with van der Waals surface area (Å²) in [5, 5.41) is 4.92. The minimum atomic E-state index is -4.83. The summed E-state index contributed by atoms with van der Waals surface area (Å²) in [6.45, 7) is 0. The van der Waals surface area contributed by atoms with E-state index in [1.54, 1.807) is 0 Å². The van der Waals surface area contributed by atoms with Gasteiger partial charge in [-0.2, -0.15) is 18.3 Å². The number of likely N-dealkylation sites (N-methyl/N-ethyl adjacent to an activating group) is 1. The Bertz CT molecular complexity index is 991.